The minimum Gasteiger partial charge on any atom is -0.377 e. The van der Waals surface area contributed by atoms with E-state index in [4.69, 9.17) is 4.74 Å². The Morgan fingerprint density at radius 2 is 1.96 bits per heavy atom. The van der Waals surface area contributed by atoms with Crippen molar-refractivity contribution in [3.05, 3.63) is 29.8 Å². The van der Waals surface area contributed by atoms with E-state index in [1.165, 1.54) is 24.7 Å². The van der Waals surface area contributed by atoms with Crippen molar-refractivity contribution in [3.63, 3.8) is 0 Å². The molecule has 2 fully saturated rings. The van der Waals surface area contributed by atoms with Crippen LogP contribution in [0.15, 0.2) is 29.2 Å². The van der Waals surface area contributed by atoms with Crippen LogP contribution in [0.5, 0.6) is 0 Å². The van der Waals surface area contributed by atoms with Gasteiger partial charge >= 0.3 is 0 Å². The molecule has 1 aromatic rings. The molecular weight excluding hydrogens is 310 g/mol. The molecule has 3 atom stereocenters. The zero-order valence-corrected chi connectivity index (χ0v) is 15.0. The number of hydrogen-bond acceptors (Lipinski definition) is 4. The summed E-state index contributed by atoms with van der Waals surface area (Å²) in [5.74, 6) is 0.645. The molecule has 4 nitrogen and oxygen atoms in total. The third-order valence-corrected chi connectivity index (χ3v) is 6.59. The van der Waals surface area contributed by atoms with E-state index in [0.717, 1.165) is 19.6 Å². The Labute approximate surface area is 139 Å². The van der Waals surface area contributed by atoms with Gasteiger partial charge in [0.2, 0.25) is 0 Å². The average molecular weight is 337 g/mol. The smallest absolute Gasteiger partial charge is 0.175 e. The van der Waals surface area contributed by atoms with Gasteiger partial charge < -0.3 is 10.1 Å². The van der Waals surface area contributed by atoms with Gasteiger partial charge in [0, 0.05) is 30.2 Å². The molecule has 23 heavy (non-hydrogen) atoms. The van der Waals surface area contributed by atoms with Crippen molar-refractivity contribution in [1.29, 1.82) is 0 Å². The van der Waals surface area contributed by atoms with Gasteiger partial charge in [0.15, 0.2) is 9.84 Å². The quantitative estimate of drug-likeness (QED) is 0.896. The lowest BCUT2D eigenvalue weighted by atomic mass is 9.55. The Balaban J connectivity index is 1.53. The van der Waals surface area contributed by atoms with Crippen LogP contribution < -0.4 is 5.32 Å². The molecule has 1 aliphatic carbocycles. The number of ether oxygens (including phenoxy) is 1. The Hall–Kier alpha value is -0.910. The third kappa shape index (κ3) is 3.32. The largest absolute Gasteiger partial charge is 0.377 e. The predicted molar refractivity (Wildman–Crippen MR) is 91.3 cm³/mol. The van der Waals surface area contributed by atoms with Gasteiger partial charge in [-0.15, -0.1) is 0 Å². The summed E-state index contributed by atoms with van der Waals surface area (Å²) >= 11 is 0. The van der Waals surface area contributed by atoms with Gasteiger partial charge in [0.05, 0.1) is 11.0 Å². The lowest BCUT2D eigenvalue weighted by Crippen LogP contribution is -2.69. The van der Waals surface area contributed by atoms with Gasteiger partial charge in [-0.2, -0.15) is 0 Å². The van der Waals surface area contributed by atoms with E-state index in [1.54, 1.807) is 12.1 Å². The molecule has 1 saturated carbocycles. The van der Waals surface area contributed by atoms with Crippen molar-refractivity contribution in [2.24, 2.45) is 11.3 Å². The predicted octanol–water partition coefficient (Wildman–Crippen LogP) is 2.43. The second kappa shape index (κ2) is 6.19. The minimum absolute atomic E-state index is 0.200. The first kappa shape index (κ1) is 16.9. The molecule has 5 heteroatoms. The first-order chi connectivity index (χ1) is 10.8. The lowest BCUT2D eigenvalue weighted by Gasteiger charge is -2.60. The van der Waals surface area contributed by atoms with Crippen molar-refractivity contribution in [2.45, 2.75) is 50.2 Å². The van der Waals surface area contributed by atoms with Crippen molar-refractivity contribution in [2.75, 3.05) is 19.4 Å². The summed E-state index contributed by atoms with van der Waals surface area (Å²) in [5.41, 5.74) is 1.36. The van der Waals surface area contributed by atoms with Gasteiger partial charge in [0.25, 0.3) is 0 Å². The van der Waals surface area contributed by atoms with E-state index >= 15 is 0 Å². The van der Waals surface area contributed by atoms with Crippen LogP contribution in [-0.2, 0) is 21.0 Å². The number of rotatable bonds is 5. The van der Waals surface area contributed by atoms with Crippen LogP contribution >= 0.6 is 0 Å². The van der Waals surface area contributed by atoms with Gasteiger partial charge in [-0.1, -0.05) is 26.0 Å². The first-order valence-corrected chi connectivity index (χ1v) is 10.3. The molecule has 0 bridgehead atoms. The summed E-state index contributed by atoms with van der Waals surface area (Å²) < 4.78 is 28.9. The van der Waals surface area contributed by atoms with Gasteiger partial charge in [-0.25, -0.2) is 8.42 Å². The fraction of sp³-hybridized carbons (Fsp3) is 0.667. The molecule has 0 spiro atoms. The van der Waals surface area contributed by atoms with Crippen molar-refractivity contribution >= 4 is 9.84 Å². The van der Waals surface area contributed by atoms with E-state index in [1.807, 2.05) is 12.1 Å². The maximum atomic E-state index is 11.5. The van der Waals surface area contributed by atoms with Crippen molar-refractivity contribution in [1.82, 2.24) is 5.32 Å². The van der Waals surface area contributed by atoms with E-state index in [0.29, 0.717) is 23.0 Å². The molecule has 0 amide bonds. The summed E-state index contributed by atoms with van der Waals surface area (Å²) in [6, 6.07) is 7.74. The normalized spacial score (nSPS) is 29.6. The molecule has 0 unspecified atom stereocenters. The standard InChI is InChI=1S/C18H27NO3S/c1-18(2)16(15-5-4-12-22-17(15)18)19-11-10-13-6-8-14(9-7-13)23(3,20)21/h6-9,15-17,19H,4-5,10-12H2,1-3H3/t15-,16-,17-/m1/s1. The van der Waals surface area contributed by atoms with Crippen LogP contribution in [0.25, 0.3) is 0 Å². The lowest BCUT2D eigenvalue weighted by molar-refractivity contribution is -0.192. The Bertz CT molecular complexity index is 651. The summed E-state index contributed by atoms with van der Waals surface area (Å²) in [4.78, 5) is 0.386. The fourth-order valence-corrected chi connectivity index (χ4v) is 4.84. The van der Waals surface area contributed by atoms with Gasteiger partial charge in [-0.05, 0) is 43.5 Å². The molecule has 1 saturated heterocycles. The van der Waals surface area contributed by atoms with Crippen LogP contribution in [0, 0.1) is 11.3 Å². The first-order valence-electron chi connectivity index (χ1n) is 8.44. The molecule has 1 aromatic carbocycles. The molecule has 1 aliphatic heterocycles. The van der Waals surface area contributed by atoms with E-state index in [2.05, 4.69) is 19.2 Å². The monoisotopic (exact) mass is 337 g/mol. The number of fused-ring (bicyclic) bond motifs is 1. The second-order valence-corrected chi connectivity index (χ2v) is 9.53. The Morgan fingerprint density at radius 1 is 1.26 bits per heavy atom. The molecule has 0 aromatic heterocycles. The summed E-state index contributed by atoms with van der Waals surface area (Å²) in [7, 11) is -3.11. The molecule has 3 rings (SSSR count). The summed E-state index contributed by atoms with van der Waals surface area (Å²) in [6.07, 6.45) is 4.99. The topological polar surface area (TPSA) is 55.4 Å². The molecule has 1 heterocycles. The third-order valence-electron chi connectivity index (χ3n) is 5.46. The van der Waals surface area contributed by atoms with Gasteiger partial charge in [0.1, 0.15) is 0 Å². The van der Waals surface area contributed by atoms with E-state index in [9.17, 15) is 8.42 Å². The zero-order chi connectivity index (χ0) is 16.7. The molecular formula is C18H27NO3S. The highest BCUT2D eigenvalue weighted by atomic mass is 32.2. The van der Waals surface area contributed by atoms with E-state index in [-0.39, 0.29) is 5.41 Å². The van der Waals surface area contributed by atoms with Gasteiger partial charge in [-0.3, -0.25) is 0 Å². The maximum Gasteiger partial charge on any atom is 0.175 e. The van der Waals surface area contributed by atoms with Crippen molar-refractivity contribution in [3.8, 4) is 0 Å². The summed E-state index contributed by atoms with van der Waals surface area (Å²) in [6.45, 7) is 6.40. The SMILES string of the molecule is CC1(C)[C@H](NCCc2ccc(S(C)(=O)=O)cc2)[C@H]2CCCO[C@H]21. The van der Waals surface area contributed by atoms with Crippen molar-refractivity contribution < 1.29 is 13.2 Å². The highest BCUT2D eigenvalue weighted by Gasteiger charge is 2.57. The summed E-state index contributed by atoms with van der Waals surface area (Å²) in [5, 5.41) is 3.70. The van der Waals surface area contributed by atoms with Crippen LogP contribution in [0.1, 0.15) is 32.3 Å². The Kier molecular flexibility index (Phi) is 4.55. The number of hydrogen-bond donors (Lipinski definition) is 1. The number of benzene rings is 1. The zero-order valence-electron chi connectivity index (χ0n) is 14.2. The maximum absolute atomic E-state index is 11.5. The molecule has 2 aliphatic rings. The van der Waals surface area contributed by atoms with Crippen LogP contribution in [0.3, 0.4) is 0 Å². The average Bonchev–Trinajstić information content (AvgIpc) is 2.51. The van der Waals surface area contributed by atoms with Crippen LogP contribution in [0.2, 0.25) is 0 Å². The fourth-order valence-electron chi connectivity index (χ4n) is 4.21. The van der Waals surface area contributed by atoms with E-state index < -0.39 is 9.84 Å². The van der Waals surface area contributed by atoms with Crippen LogP contribution in [-0.4, -0.2) is 40.0 Å². The Morgan fingerprint density at radius 3 is 2.61 bits per heavy atom. The minimum atomic E-state index is -3.11. The molecule has 0 radical (unpaired) electrons. The highest BCUT2D eigenvalue weighted by molar-refractivity contribution is 7.90. The number of nitrogens with one attached hydrogen (secondary N) is 1. The highest BCUT2D eigenvalue weighted by Crippen LogP contribution is 2.51. The molecule has 128 valence electrons. The molecule has 1 N–H and O–H groups in total. The number of sulfone groups is 1. The second-order valence-electron chi connectivity index (χ2n) is 7.52. The van der Waals surface area contributed by atoms with Crippen LogP contribution in [0.4, 0.5) is 0 Å².